The molecule has 150 valence electrons. The van der Waals surface area contributed by atoms with Crippen LogP contribution in [0.2, 0.25) is 5.02 Å². The van der Waals surface area contributed by atoms with Crippen LogP contribution in [0.25, 0.3) is 0 Å². The first kappa shape index (κ1) is 20.4. The van der Waals surface area contributed by atoms with E-state index in [-0.39, 0.29) is 11.8 Å². The van der Waals surface area contributed by atoms with Gasteiger partial charge in [0.15, 0.2) is 0 Å². The van der Waals surface area contributed by atoms with Crippen molar-refractivity contribution in [2.75, 3.05) is 6.54 Å². The first-order chi connectivity index (χ1) is 14.0. The van der Waals surface area contributed by atoms with Crippen LogP contribution in [-0.2, 0) is 12.1 Å². The van der Waals surface area contributed by atoms with Gasteiger partial charge >= 0.3 is 0 Å². The van der Waals surface area contributed by atoms with Crippen molar-refractivity contribution < 1.29 is 10.2 Å². The van der Waals surface area contributed by atoms with E-state index in [1.54, 1.807) is 12.1 Å². The van der Waals surface area contributed by atoms with Gasteiger partial charge in [-0.1, -0.05) is 72.3 Å². The molecule has 1 aliphatic heterocycles. The summed E-state index contributed by atoms with van der Waals surface area (Å²) >= 11 is 9.92. The Balaban J connectivity index is 1.76. The number of halogens is 2. The quantitative estimate of drug-likeness (QED) is 0.500. The molecule has 0 saturated carbocycles. The van der Waals surface area contributed by atoms with Crippen LogP contribution in [0.4, 0.5) is 0 Å². The van der Waals surface area contributed by atoms with Crippen LogP contribution in [0.5, 0.6) is 5.75 Å². The number of aromatic hydroxyl groups is 1. The predicted molar refractivity (Wildman–Crippen MR) is 120 cm³/mol. The number of phenolic OH excluding ortho intramolecular Hbond substituents is 1. The zero-order valence-electron chi connectivity index (χ0n) is 15.9. The number of hydrogen-bond acceptors (Lipinski definition) is 3. The molecular formula is C24H23BrClNO2. The first-order valence-corrected chi connectivity index (χ1v) is 10.9. The summed E-state index contributed by atoms with van der Waals surface area (Å²) in [5.74, 6) is 0.173. The monoisotopic (exact) mass is 471 g/mol. The molecule has 1 aliphatic rings. The highest BCUT2D eigenvalue weighted by molar-refractivity contribution is 9.10. The average molecular weight is 473 g/mol. The Bertz CT molecular complexity index is 941. The van der Waals surface area contributed by atoms with E-state index in [0.29, 0.717) is 17.1 Å². The smallest absolute Gasteiger partial charge is 0.130 e. The van der Waals surface area contributed by atoms with Crippen molar-refractivity contribution in [1.29, 1.82) is 0 Å². The molecule has 1 fully saturated rings. The Kier molecular flexibility index (Phi) is 5.98. The number of nitrogens with zero attached hydrogens (tertiary/aromatic N) is 1. The lowest BCUT2D eigenvalue weighted by atomic mass is 9.79. The second-order valence-corrected chi connectivity index (χ2v) is 8.72. The largest absolute Gasteiger partial charge is 0.508 e. The van der Waals surface area contributed by atoms with E-state index in [0.717, 1.165) is 35.0 Å². The molecule has 4 rings (SSSR count). The summed E-state index contributed by atoms with van der Waals surface area (Å²) in [6, 6.07) is 22.9. The molecule has 1 heterocycles. The Morgan fingerprint density at radius 1 is 0.966 bits per heavy atom. The zero-order chi connectivity index (χ0) is 20.4. The summed E-state index contributed by atoms with van der Waals surface area (Å²) in [5.41, 5.74) is 1.25. The average Bonchev–Trinajstić information content (AvgIpc) is 3.23. The van der Waals surface area contributed by atoms with E-state index in [9.17, 15) is 10.2 Å². The van der Waals surface area contributed by atoms with Crippen molar-refractivity contribution in [3.63, 3.8) is 0 Å². The Hall–Kier alpha value is -1.85. The van der Waals surface area contributed by atoms with E-state index in [1.807, 2.05) is 60.7 Å². The van der Waals surface area contributed by atoms with Gasteiger partial charge in [0.1, 0.15) is 11.4 Å². The van der Waals surface area contributed by atoms with Gasteiger partial charge in [-0.2, -0.15) is 0 Å². The van der Waals surface area contributed by atoms with Gasteiger partial charge in [-0.05, 0) is 58.6 Å². The minimum atomic E-state index is -1.16. The maximum atomic E-state index is 12.1. The van der Waals surface area contributed by atoms with Crippen LogP contribution in [0.1, 0.15) is 29.5 Å². The second-order valence-electron chi connectivity index (χ2n) is 7.49. The maximum Gasteiger partial charge on any atom is 0.130 e. The zero-order valence-corrected chi connectivity index (χ0v) is 18.3. The minimum Gasteiger partial charge on any atom is -0.508 e. The van der Waals surface area contributed by atoms with Gasteiger partial charge in [0, 0.05) is 22.6 Å². The van der Waals surface area contributed by atoms with Crippen molar-refractivity contribution in [2.24, 2.45) is 0 Å². The molecule has 1 saturated heterocycles. The molecule has 29 heavy (non-hydrogen) atoms. The molecule has 0 unspecified atom stereocenters. The summed E-state index contributed by atoms with van der Waals surface area (Å²) in [7, 11) is 0. The number of aliphatic hydroxyl groups is 1. The summed E-state index contributed by atoms with van der Waals surface area (Å²) in [5, 5.41) is 23.1. The third-order valence-electron chi connectivity index (χ3n) is 5.81. The Morgan fingerprint density at radius 3 is 2.14 bits per heavy atom. The molecule has 0 aromatic heterocycles. The normalized spacial score (nSPS) is 17.6. The molecule has 5 heteroatoms. The molecule has 0 radical (unpaired) electrons. The molecule has 0 spiro atoms. The molecular weight excluding hydrogens is 450 g/mol. The predicted octanol–water partition coefficient (Wildman–Crippen LogP) is 5.71. The summed E-state index contributed by atoms with van der Waals surface area (Å²) < 4.78 is 0.754. The molecule has 0 amide bonds. The minimum absolute atomic E-state index is 0.137. The van der Waals surface area contributed by atoms with Crippen molar-refractivity contribution in [3.8, 4) is 5.75 Å². The van der Waals surface area contributed by atoms with E-state index < -0.39 is 5.60 Å². The molecule has 3 aromatic carbocycles. The third kappa shape index (κ3) is 3.82. The molecule has 1 atom stereocenters. The van der Waals surface area contributed by atoms with Crippen molar-refractivity contribution in [1.82, 2.24) is 4.90 Å². The topological polar surface area (TPSA) is 43.7 Å². The highest BCUT2D eigenvalue weighted by atomic mass is 79.9. The van der Waals surface area contributed by atoms with Crippen molar-refractivity contribution in [2.45, 2.75) is 31.0 Å². The van der Waals surface area contributed by atoms with Crippen LogP contribution < -0.4 is 0 Å². The van der Waals surface area contributed by atoms with Crippen LogP contribution in [0.15, 0.2) is 77.3 Å². The highest BCUT2D eigenvalue weighted by Crippen LogP contribution is 2.42. The van der Waals surface area contributed by atoms with E-state index in [4.69, 9.17) is 11.6 Å². The number of hydrogen-bond donors (Lipinski definition) is 2. The van der Waals surface area contributed by atoms with Crippen LogP contribution in [0, 0.1) is 0 Å². The van der Waals surface area contributed by atoms with Crippen molar-refractivity contribution in [3.05, 3.63) is 99.0 Å². The lowest BCUT2D eigenvalue weighted by Gasteiger charge is -2.40. The number of likely N-dealkylation sites (tertiary alicyclic amines) is 1. The van der Waals surface area contributed by atoms with E-state index in [2.05, 4.69) is 20.8 Å². The van der Waals surface area contributed by atoms with Crippen LogP contribution >= 0.6 is 27.5 Å². The standard InChI is InChI=1S/C24H23BrClNO2/c25-20-13-14-21(28)19(23(20)26)16-27-15-7-12-22(27)24(29,17-8-3-1-4-9-17)18-10-5-2-6-11-18/h1-6,8-11,13-14,22,28-29H,7,12,15-16H2/t22-/m1/s1. The Labute approximate surface area is 184 Å². The maximum absolute atomic E-state index is 12.1. The summed E-state index contributed by atoms with van der Waals surface area (Å²) in [6.07, 6.45) is 1.83. The van der Waals surface area contributed by atoms with Gasteiger partial charge in [0.05, 0.1) is 5.02 Å². The lowest BCUT2D eigenvalue weighted by molar-refractivity contribution is -0.00672. The summed E-state index contributed by atoms with van der Waals surface area (Å²) in [6.45, 7) is 1.30. The Morgan fingerprint density at radius 2 is 1.55 bits per heavy atom. The van der Waals surface area contributed by atoms with Gasteiger partial charge in [-0.3, -0.25) is 4.90 Å². The molecule has 0 bridgehead atoms. The number of benzene rings is 3. The van der Waals surface area contributed by atoms with Gasteiger partial charge in [0.2, 0.25) is 0 Å². The van der Waals surface area contributed by atoms with E-state index >= 15 is 0 Å². The van der Waals surface area contributed by atoms with E-state index in [1.165, 1.54) is 0 Å². The van der Waals surface area contributed by atoms with Gasteiger partial charge in [-0.15, -0.1) is 0 Å². The fraction of sp³-hybridized carbons (Fsp3) is 0.250. The molecule has 0 aliphatic carbocycles. The SMILES string of the molecule is Oc1ccc(Br)c(Cl)c1CN1CCC[C@@H]1C(O)(c1ccccc1)c1ccccc1. The number of rotatable bonds is 5. The molecule has 2 N–H and O–H groups in total. The fourth-order valence-corrected chi connectivity index (χ4v) is 4.95. The lowest BCUT2D eigenvalue weighted by Crippen LogP contribution is -2.48. The first-order valence-electron chi connectivity index (χ1n) is 9.75. The van der Waals surface area contributed by atoms with Crippen LogP contribution in [0.3, 0.4) is 0 Å². The molecule has 3 aromatic rings. The van der Waals surface area contributed by atoms with Crippen LogP contribution in [-0.4, -0.2) is 27.7 Å². The van der Waals surface area contributed by atoms with Gasteiger partial charge in [0.25, 0.3) is 0 Å². The fourth-order valence-electron chi connectivity index (χ4n) is 4.36. The second kappa shape index (κ2) is 8.49. The number of phenols is 1. The highest BCUT2D eigenvalue weighted by Gasteiger charge is 2.45. The molecule has 3 nitrogen and oxygen atoms in total. The van der Waals surface area contributed by atoms with Crippen molar-refractivity contribution >= 4 is 27.5 Å². The third-order valence-corrected chi connectivity index (χ3v) is 7.13. The van der Waals surface area contributed by atoms with Gasteiger partial charge < -0.3 is 10.2 Å². The summed E-state index contributed by atoms with van der Waals surface area (Å²) in [4.78, 5) is 2.23. The van der Waals surface area contributed by atoms with Gasteiger partial charge in [-0.25, -0.2) is 0 Å².